The number of hydrogen-bond donors (Lipinski definition) is 2. The van der Waals surface area contributed by atoms with Gasteiger partial charge in [0.2, 0.25) is 0 Å². The number of hydrogen-bond acceptors (Lipinski definition) is 8. The van der Waals surface area contributed by atoms with Crippen molar-refractivity contribution in [1.29, 1.82) is 0 Å². The zero-order valence-electron chi connectivity index (χ0n) is 20.9. The van der Waals surface area contributed by atoms with E-state index in [0.717, 1.165) is 49.8 Å². The zero-order chi connectivity index (χ0) is 29.4. The van der Waals surface area contributed by atoms with Gasteiger partial charge in [-0.05, 0) is 25.5 Å². The third kappa shape index (κ3) is 10.3. The first kappa shape index (κ1) is 32.4. The minimum atomic E-state index is -5.08. The SMILES string of the molecule is CO[C@H]1CCN(Cc2ccccn2)[C@@H]2CN(Cc3csc(C)n3)C[C@H]12.O=C(O)C(F)(F)F.O=C(O)C(F)(F)F. The van der Waals surface area contributed by atoms with Gasteiger partial charge in [-0.3, -0.25) is 14.8 Å². The van der Waals surface area contributed by atoms with E-state index >= 15 is 0 Å². The van der Waals surface area contributed by atoms with Crippen molar-refractivity contribution in [1.82, 2.24) is 19.8 Å². The highest BCUT2D eigenvalue weighted by Gasteiger charge is 2.44. The molecule has 4 rings (SSSR count). The van der Waals surface area contributed by atoms with Crippen LogP contribution in [0.2, 0.25) is 0 Å². The molecule has 39 heavy (non-hydrogen) atoms. The molecule has 16 heteroatoms. The van der Waals surface area contributed by atoms with Crippen LogP contribution in [0.25, 0.3) is 0 Å². The van der Waals surface area contributed by atoms with Gasteiger partial charge in [-0.2, -0.15) is 26.3 Å². The molecule has 3 atom stereocenters. The Morgan fingerprint density at radius 3 is 2.13 bits per heavy atom. The van der Waals surface area contributed by atoms with Crippen LogP contribution in [-0.2, 0) is 27.4 Å². The third-order valence-corrected chi connectivity index (χ3v) is 6.81. The van der Waals surface area contributed by atoms with Gasteiger partial charge in [0.15, 0.2) is 0 Å². The first-order valence-corrected chi connectivity index (χ1v) is 12.4. The number of nitrogens with zero attached hydrogens (tertiary/aromatic N) is 4. The zero-order valence-corrected chi connectivity index (χ0v) is 21.8. The Morgan fingerprint density at radius 2 is 1.67 bits per heavy atom. The largest absolute Gasteiger partial charge is 0.490 e. The number of carboxylic acid groups (broad SMARTS) is 2. The van der Waals surface area contributed by atoms with Crippen LogP contribution in [0.5, 0.6) is 0 Å². The highest BCUT2D eigenvalue weighted by Crippen LogP contribution is 2.34. The van der Waals surface area contributed by atoms with Crippen LogP contribution >= 0.6 is 11.3 Å². The summed E-state index contributed by atoms with van der Waals surface area (Å²) in [5.41, 5.74) is 2.36. The number of thiazole rings is 1. The number of carbonyl (C=O) groups is 2. The lowest BCUT2D eigenvalue weighted by atomic mass is 9.89. The number of methoxy groups -OCH3 is 1. The van der Waals surface area contributed by atoms with Gasteiger partial charge >= 0.3 is 24.3 Å². The number of piperidine rings is 1. The standard InChI is InChI=1S/C19H26N4OS.2C2HF3O2/c1-14-21-16(13-25-14)9-22-11-17-18(12-22)23(8-6-19(17)24-2)10-15-5-3-4-7-20-15;2*3-2(4,5)1(6)7/h3-5,7,13,17-19H,6,8-12H2,1-2H3;2*(H,6,7)/t17-,18+,19-;;/m0../s1. The summed E-state index contributed by atoms with van der Waals surface area (Å²) in [6, 6.07) is 6.73. The van der Waals surface area contributed by atoms with E-state index in [1.165, 1.54) is 5.69 Å². The molecule has 2 saturated heterocycles. The van der Waals surface area contributed by atoms with E-state index in [0.29, 0.717) is 18.1 Å². The molecule has 4 heterocycles. The predicted molar refractivity (Wildman–Crippen MR) is 127 cm³/mol. The molecule has 2 aromatic heterocycles. The number of carboxylic acids is 2. The number of aromatic nitrogens is 2. The summed E-state index contributed by atoms with van der Waals surface area (Å²) in [6.07, 6.45) is -6.80. The van der Waals surface area contributed by atoms with E-state index in [9.17, 15) is 26.3 Å². The molecule has 0 saturated carbocycles. The number of rotatable bonds is 5. The Balaban J connectivity index is 0.000000317. The molecular formula is C23H28F6N4O5S. The Hall–Kier alpha value is -2.82. The molecule has 218 valence electrons. The van der Waals surface area contributed by atoms with Crippen LogP contribution in [-0.4, -0.2) is 93.2 Å². The van der Waals surface area contributed by atoms with E-state index < -0.39 is 24.3 Å². The Morgan fingerprint density at radius 1 is 1.05 bits per heavy atom. The van der Waals surface area contributed by atoms with E-state index in [1.807, 2.05) is 19.4 Å². The van der Waals surface area contributed by atoms with Crippen LogP contribution in [0, 0.1) is 12.8 Å². The first-order valence-electron chi connectivity index (χ1n) is 11.5. The van der Waals surface area contributed by atoms with Crippen LogP contribution in [0.1, 0.15) is 22.8 Å². The van der Waals surface area contributed by atoms with Gasteiger partial charge in [0, 0.05) is 63.4 Å². The molecule has 0 aromatic carbocycles. The molecule has 0 aliphatic carbocycles. The van der Waals surface area contributed by atoms with Crippen molar-refractivity contribution in [2.45, 2.75) is 50.9 Å². The number of ether oxygens (including phenoxy) is 1. The molecule has 2 aromatic rings. The number of aliphatic carboxylic acids is 2. The molecule has 0 unspecified atom stereocenters. The number of halogens is 6. The van der Waals surface area contributed by atoms with Crippen LogP contribution in [0.15, 0.2) is 29.8 Å². The minimum absolute atomic E-state index is 0.368. The quantitative estimate of drug-likeness (QED) is 0.505. The van der Waals surface area contributed by atoms with Gasteiger partial charge in [-0.15, -0.1) is 11.3 Å². The first-order chi connectivity index (χ1) is 18.1. The van der Waals surface area contributed by atoms with Crippen molar-refractivity contribution in [3.63, 3.8) is 0 Å². The van der Waals surface area contributed by atoms with E-state index in [2.05, 4.69) is 44.2 Å². The Kier molecular flexibility index (Phi) is 11.6. The number of alkyl halides is 6. The van der Waals surface area contributed by atoms with Gasteiger partial charge < -0.3 is 14.9 Å². The molecule has 2 fully saturated rings. The van der Waals surface area contributed by atoms with E-state index in [4.69, 9.17) is 24.5 Å². The van der Waals surface area contributed by atoms with Crippen molar-refractivity contribution < 1.29 is 50.9 Å². The molecule has 0 amide bonds. The Labute approximate surface area is 224 Å². The molecule has 0 spiro atoms. The lowest BCUT2D eigenvalue weighted by Gasteiger charge is -2.41. The molecule has 0 radical (unpaired) electrons. The summed E-state index contributed by atoms with van der Waals surface area (Å²) in [5, 5.41) is 17.6. The average molecular weight is 587 g/mol. The number of aryl methyl sites for hydroxylation is 1. The summed E-state index contributed by atoms with van der Waals surface area (Å²) in [5.74, 6) is -4.94. The Bertz CT molecular complexity index is 1050. The van der Waals surface area contributed by atoms with Crippen molar-refractivity contribution >= 4 is 23.3 Å². The molecule has 9 nitrogen and oxygen atoms in total. The number of likely N-dealkylation sites (tertiary alicyclic amines) is 2. The second-order valence-electron chi connectivity index (χ2n) is 8.74. The fourth-order valence-electron chi connectivity index (χ4n) is 4.35. The van der Waals surface area contributed by atoms with Gasteiger partial charge in [-0.1, -0.05) is 6.07 Å². The van der Waals surface area contributed by atoms with Crippen LogP contribution in [0.4, 0.5) is 26.3 Å². The van der Waals surface area contributed by atoms with E-state index in [1.54, 1.807) is 11.3 Å². The lowest BCUT2D eigenvalue weighted by Crippen LogP contribution is -2.50. The minimum Gasteiger partial charge on any atom is -0.475 e. The summed E-state index contributed by atoms with van der Waals surface area (Å²) in [4.78, 5) is 32.1. The third-order valence-electron chi connectivity index (χ3n) is 5.99. The second kappa shape index (κ2) is 14.0. The summed E-state index contributed by atoms with van der Waals surface area (Å²) in [6.45, 7) is 7.23. The highest BCUT2D eigenvalue weighted by molar-refractivity contribution is 7.09. The van der Waals surface area contributed by atoms with E-state index in [-0.39, 0.29) is 0 Å². The highest BCUT2D eigenvalue weighted by atomic mass is 32.1. The van der Waals surface area contributed by atoms with Crippen LogP contribution in [0.3, 0.4) is 0 Å². The normalized spacial score (nSPS) is 21.7. The maximum atomic E-state index is 10.6. The van der Waals surface area contributed by atoms with Crippen molar-refractivity contribution in [3.8, 4) is 0 Å². The fraction of sp³-hybridized carbons (Fsp3) is 0.565. The summed E-state index contributed by atoms with van der Waals surface area (Å²) >= 11 is 1.74. The molecular weight excluding hydrogens is 558 g/mol. The van der Waals surface area contributed by atoms with Crippen LogP contribution < -0.4 is 0 Å². The summed E-state index contributed by atoms with van der Waals surface area (Å²) < 4.78 is 69.3. The molecule has 2 N–H and O–H groups in total. The molecule has 2 aliphatic heterocycles. The molecule has 2 aliphatic rings. The predicted octanol–water partition coefficient (Wildman–Crippen LogP) is 3.83. The smallest absolute Gasteiger partial charge is 0.475 e. The maximum absolute atomic E-state index is 10.6. The second-order valence-corrected chi connectivity index (χ2v) is 9.81. The van der Waals surface area contributed by atoms with Crippen molar-refractivity contribution in [3.05, 3.63) is 46.2 Å². The van der Waals surface area contributed by atoms with Gasteiger partial charge in [0.25, 0.3) is 0 Å². The lowest BCUT2D eigenvalue weighted by molar-refractivity contribution is -0.193. The summed E-state index contributed by atoms with van der Waals surface area (Å²) in [7, 11) is 1.86. The van der Waals surface area contributed by atoms with Crippen molar-refractivity contribution in [2.75, 3.05) is 26.7 Å². The molecule has 0 bridgehead atoms. The van der Waals surface area contributed by atoms with Gasteiger partial charge in [0.05, 0.1) is 22.5 Å². The van der Waals surface area contributed by atoms with Gasteiger partial charge in [0.1, 0.15) is 0 Å². The maximum Gasteiger partial charge on any atom is 0.490 e. The number of pyridine rings is 1. The number of fused-ring (bicyclic) bond motifs is 1. The van der Waals surface area contributed by atoms with Crippen molar-refractivity contribution in [2.24, 2.45) is 5.92 Å². The topological polar surface area (TPSA) is 116 Å². The van der Waals surface area contributed by atoms with Gasteiger partial charge in [-0.25, -0.2) is 14.6 Å². The average Bonchev–Trinajstić information content (AvgIpc) is 3.46. The fourth-order valence-corrected chi connectivity index (χ4v) is 4.95. The monoisotopic (exact) mass is 586 g/mol.